The second-order valence-electron chi connectivity index (χ2n) is 6.05. The van der Waals surface area contributed by atoms with Crippen LogP contribution in [0.3, 0.4) is 0 Å². The molecule has 1 N–H and O–H groups in total. The van der Waals surface area contributed by atoms with Crippen LogP contribution in [0, 0.1) is 0 Å². The summed E-state index contributed by atoms with van der Waals surface area (Å²) >= 11 is 1.42. The molecule has 4 rings (SSSR count). The summed E-state index contributed by atoms with van der Waals surface area (Å²) in [5.74, 6) is 0.0783. The number of aromatic nitrogens is 1. The highest BCUT2D eigenvalue weighted by Crippen LogP contribution is 2.40. The first kappa shape index (κ1) is 15.7. The summed E-state index contributed by atoms with van der Waals surface area (Å²) in [7, 11) is 0. The topological polar surface area (TPSA) is 59.1 Å². The fraction of sp³-hybridized carbons (Fsp3) is 0.150. The van der Waals surface area contributed by atoms with Crippen LogP contribution >= 0.6 is 11.3 Å². The molecule has 1 aliphatic carbocycles. The van der Waals surface area contributed by atoms with Crippen molar-refractivity contribution in [2.45, 2.75) is 18.8 Å². The highest BCUT2D eigenvalue weighted by atomic mass is 32.1. The molecule has 0 saturated heterocycles. The van der Waals surface area contributed by atoms with Crippen molar-refractivity contribution in [2.24, 2.45) is 0 Å². The van der Waals surface area contributed by atoms with Crippen molar-refractivity contribution in [1.29, 1.82) is 0 Å². The summed E-state index contributed by atoms with van der Waals surface area (Å²) in [4.78, 5) is 29.9. The second kappa shape index (κ2) is 6.61. The number of benzene rings is 2. The molecule has 0 atom stereocenters. The summed E-state index contributed by atoms with van der Waals surface area (Å²) in [6, 6.07) is 15.9. The van der Waals surface area contributed by atoms with E-state index in [0.29, 0.717) is 27.7 Å². The molecule has 0 spiro atoms. The van der Waals surface area contributed by atoms with Gasteiger partial charge in [0.25, 0.3) is 5.91 Å². The largest absolute Gasteiger partial charge is 0.298 e. The maximum Gasteiger partial charge on any atom is 0.258 e. The average molecular weight is 348 g/mol. The van der Waals surface area contributed by atoms with Gasteiger partial charge in [0.2, 0.25) is 0 Å². The van der Waals surface area contributed by atoms with Gasteiger partial charge in [-0.25, -0.2) is 4.98 Å². The van der Waals surface area contributed by atoms with Crippen LogP contribution in [0.15, 0.2) is 60.0 Å². The molecule has 124 valence electrons. The van der Waals surface area contributed by atoms with Crippen molar-refractivity contribution < 1.29 is 9.59 Å². The number of nitrogens with one attached hydrogen (secondary N) is 1. The van der Waals surface area contributed by atoms with Gasteiger partial charge in [0, 0.05) is 22.4 Å². The van der Waals surface area contributed by atoms with Gasteiger partial charge in [-0.2, -0.15) is 0 Å². The predicted octanol–water partition coefficient (Wildman–Crippen LogP) is 4.50. The van der Waals surface area contributed by atoms with Crippen LogP contribution in [0.25, 0.3) is 0 Å². The Morgan fingerprint density at radius 1 is 0.960 bits per heavy atom. The Hall–Kier alpha value is -2.79. The molecule has 0 aliphatic heterocycles. The SMILES string of the molecule is O=C(Nc1nc(C2CC2)cs1)c1ccccc1C(=O)c1ccccc1. The van der Waals surface area contributed by atoms with Gasteiger partial charge in [-0.3, -0.25) is 14.9 Å². The van der Waals surface area contributed by atoms with Crippen LogP contribution < -0.4 is 5.32 Å². The molecule has 1 aromatic heterocycles. The summed E-state index contributed by atoms with van der Waals surface area (Å²) in [5.41, 5.74) is 2.37. The van der Waals surface area contributed by atoms with Crippen LogP contribution in [0.1, 0.15) is 50.7 Å². The lowest BCUT2D eigenvalue weighted by molar-refractivity contribution is 0.0996. The number of thiazole rings is 1. The molecule has 5 heteroatoms. The summed E-state index contributed by atoms with van der Waals surface area (Å²) in [5, 5.41) is 5.40. The number of hydrogen-bond acceptors (Lipinski definition) is 4. The number of hydrogen-bond donors (Lipinski definition) is 1. The first-order valence-corrected chi connectivity index (χ1v) is 9.06. The zero-order valence-corrected chi connectivity index (χ0v) is 14.3. The van der Waals surface area contributed by atoms with Gasteiger partial charge in [0.15, 0.2) is 10.9 Å². The quantitative estimate of drug-likeness (QED) is 0.691. The normalized spacial score (nSPS) is 13.4. The maximum absolute atomic E-state index is 12.7. The standard InChI is InChI=1S/C20H16N2O2S/c23-18(14-6-2-1-3-7-14)15-8-4-5-9-16(15)19(24)22-20-21-17(12-25-20)13-10-11-13/h1-9,12-13H,10-11H2,(H,21,22,24). The maximum atomic E-state index is 12.7. The first-order chi connectivity index (χ1) is 12.2. The number of rotatable bonds is 5. The second-order valence-corrected chi connectivity index (χ2v) is 6.90. The minimum atomic E-state index is -0.309. The molecule has 3 aromatic rings. The number of amides is 1. The van der Waals surface area contributed by atoms with Gasteiger partial charge in [-0.15, -0.1) is 11.3 Å². The van der Waals surface area contributed by atoms with Crippen LogP contribution in [-0.2, 0) is 0 Å². The van der Waals surface area contributed by atoms with Crippen molar-refractivity contribution in [3.63, 3.8) is 0 Å². The Morgan fingerprint density at radius 2 is 1.64 bits per heavy atom. The molecule has 1 saturated carbocycles. The Morgan fingerprint density at radius 3 is 2.36 bits per heavy atom. The van der Waals surface area contributed by atoms with Gasteiger partial charge in [-0.1, -0.05) is 48.5 Å². The fourth-order valence-corrected chi connectivity index (χ4v) is 3.49. The molecule has 0 bridgehead atoms. The van der Waals surface area contributed by atoms with Gasteiger partial charge in [-0.05, 0) is 18.9 Å². The Bertz CT molecular complexity index is 930. The number of anilines is 1. The third-order valence-electron chi connectivity index (χ3n) is 4.19. The van der Waals surface area contributed by atoms with E-state index in [1.807, 2.05) is 23.6 Å². The van der Waals surface area contributed by atoms with Gasteiger partial charge >= 0.3 is 0 Å². The van der Waals surface area contributed by atoms with E-state index in [9.17, 15) is 9.59 Å². The van der Waals surface area contributed by atoms with E-state index in [1.54, 1.807) is 36.4 Å². The molecule has 4 nitrogen and oxygen atoms in total. The molecule has 1 aliphatic rings. The van der Waals surface area contributed by atoms with E-state index in [4.69, 9.17) is 0 Å². The molecular weight excluding hydrogens is 332 g/mol. The van der Waals surface area contributed by atoms with E-state index in [-0.39, 0.29) is 11.7 Å². The molecule has 1 heterocycles. The molecular formula is C20H16N2O2S. The van der Waals surface area contributed by atoms with E-state index >= 15 is 0 Å². The van der Waals surface area contributed by atoms with Crippen LogP contribution in [0.5, 0.6) is 0 Å². The minimum absolute atomic E-state index is 0.163. The zero-order chi connectivity index (χ0) is 17.2. The smallest absolute Gasteiger partial charge is 0.258 e. The molecule has 0 unspecified atom stereocenters. The van der Waals surface area contributed by atoms with Crippen molar-refractivity contribution in [3.05, 3.63) is 82.4 Å². The molecule has 1 fully saturated rings. The molecule has 2 aromatic carbocycles. The van der Waals surface area contributed by atoms with Crippen LogP contribution in [-0.4, -0.2) is 16.7 Å². The van der Waals surface area contributed by atoms with E-state index < -0.39 is 0 Å². The van der Waals surface area contributed by atoms with E-state index in [2.05, 4.69) is 10.3 Å². The van der Waals surface area contributed by atoms with Gasteiger partial charge in [0.05, 0.1) is 11.3 Å². The van der Waals surface area contributed by atoms with Crippen molar-refractivity contribution in [1.82, 2.24) is 4.98 Å². The van der Waals surface area contributed by atoms with Crippen molar-refractivity contribution >= 4 is 28.2 Å². The summed E-state index contributed by atoms with van der Waals surface area (Å²) in [6.45, 7) is 0. The van der Waals surface area contributed by atoms with Crippen LogP contribution in [0.4, 0.5) is 5.13 Å². The third-order valence-corrected chi connectivity index (χ3v) is 4.97. The number of nitrogens with zero attached hydrogens (tertiary/aromatic N) is 1. The highest BCUT2D eigenvalue weighted by molar-refractivity contribution is 7.14. The predicted molar refractivity (Wildman–Crippen MR) is 98.4 cm³/mol. The van der Waals surface area contributed by atoms with Crippen LogP contribution in [0.2, 0.25) is 0 Å². The number of carbonyl (C=O) groups is 2. The van der Waals surface area contributed by atoms with Crippen molar-refractivity contribution in [3.8, 4) is 0 Å². The minimum Gasteiger partial charge on any atom is -0.298 e. The third kappa shape index (κ3) is 3.37. The Kier molecular flexibility index (Phi) is 4.15. The number of carbonyl (C=O) groups excluding carboxylic acids is 2. The van der Waals surface area contributed by atoms with Gasteiger partial charge in [0.1, 0.15) is 0 Å². The molecule has 25 heavy (non-hydrogen) atoms. The fourth-order valence-electron chi connectivity index (χ4n) is 2.70. The monoisotopic (exact) mass is 348 g/mol. The Balaban J connectivity index is 1.59. The molecule has 1 amide bonds. The lowest BCUT2D eigenvalue weighted by atomic mass is 9.98. The lowest BCUT2D eigenvalue weighted by Gasteiger charge is -2.08. The van der Waals surface area contributed by atoms with Gasteiger partial charge < -0.3 is 0 Å². The molecule has 0 radical (unpaired) electrons. The average Bonchev–Trinajstić information content (AvgIpc) is 3.41. The summed E-state index contributed by atoms with van der Waals surface area (Å²) < 4.78 is 0. The number of ketones is 1. The highest BCUT2D eigenvalue weighted by Gasteiger charge is 2.26. The first-order valence-electron chi connectivity index (χ1n) is 8.18. The van der Waals surface area contributed by atoms with Crippen molar-refractivity contribution in [2.75, 3.05) is 5.32 Å². The van der Waals surface area contributed by atoms with E-state index in [1.165, 1.54) is 24.2 Å². The lowest BCUT2D eigenvalue weighted by Crippen LogP contribution is -2.16. The summed E-state index contributed by atoms with van der Waals surface area (Å²) in [6.07, 6.45) is 2.34. The Labute approximate surface area is 149 Å². The zero-order valence-electron chi connectivity index (χ0n) is 13.4. The van der Waals surface area contributed by atoms with E-state index in [0.717, 1.165) is 5.69 Å².